The Hall–Kier alpha value is -1.51. The molecule has 6 nitrogen and oxygen atoms in total. The van der Waals surface area contributed by atoms with Gasteiger partial charge in [-0.15, -0.1) is 0 Å². The third-order valence-electron chi connectivity index (χ3n) is 5.88. The number of halogens is 1. The SMILES string of the molecule is CC[C@@H](C)[C@@H]1NC2(CCN(S(=O)(=O)c3ccc(F)cc3)CC2)N(C)C1=O. The normalized spacial score (nSPS) is 25.0. The van der Waals surface area contributed by atoms with Crippen molar-refractivity contribution in [1.29, 1.82) is 0 Å². The summed E-state index contributed by atoms with van der Waals surface area (Å²) in [5.41, 5.74) is -0.486. The number of carbonyl (C=O) groups excluding carboxylic acids is 1. The standard InChI is InChI=1S/C18H26FN3O3S/c1-4-13(2)16-17(23)21(3)18(20-16)9-11-22(12-10-18)26(24,25)15-7-5-14(19)6-8-15/h5-8,13,16,20H,4,9-12H2,1-3H3/t13-,16+/m1/s1. The summed E-state index contributed by atoms with van der Waals surface area (Å²) in [5.74, 6) is -0.160. The number of rotatable bonds is 4. The zero-order valence-corrected chi connectivity index (χ0v) is 16.2. The molecule has 0 radical (unpaired) electrons. The number of likely N-dealkylation sites (N-methyl/N-ethyl adjacent to an activating group) is 1. The van der Waals surface area contributed by atoms with Gasteiger partial charge in [-0.3, -0.25) is 10.1 Å². The fourth-order valence-electron chi connectivity index (χ4n) is 3.82. The quantitative estimate of drug-likeness (QED) is 0.861. The first-order chi connectivity index (χ1) is 12.2. The molecule has 26 heavy (non-hydrogen) atoms. The van der Waals surface area contributed by atoms with Crippen LogP contribution in [0.1, 0.15) is 33.1 Å². The van der Waals surface area contributed by atoms with Crippen LogP contribution in [-0.2, 0) is 14.8 Å². The lowest BCUT2D eigenvalue weighted by Crippen LogP contribution is -2.58. The van der Waals surface area contributed by atoms with Crippen LogP contribution in [0, 0.1) is 11.7 Å². The smallest absolute Gasteiger partial charge is 0.243 e. The lowest BCUT2D eigenvalue weighted by Gasteiger charge is -2.42. The van der Waals surface area contributed by atoms with E-state index in [0.717, 1.165) is 18.6 Å². The van der Waals surface area contributed by atoms with Crippen molar-refractivity contribution in [2.75, 3.05) is 20.1 Å². The van der Waals surface area contributed by atoms with Gasteiger partial charge in [0.25, 0.3) is 0 Å². The predicted octanol–water partition coefficient (Wildman–Crippen LogP) is 1.78. The van der Waals surface area contributed by atoms with Crippen LogP contribution in [-0.4, -0.2) is 55.4 Å². The monoisotopic (exact) mass is 383 g/mol. The van der Waals surface area contributed by atoms with Crippen molar-refractivity contribution in [3.63, 3.8) is 0 Å². The fraction of sp³-hybridized carbons (Fsp3) is 0.611. The highest BCUT2D eigenvalue weighted by atomic mass is 32.2. The maximum absolute atomic E-state index is 13.1. The number of benzene rings is 1. The Bertz CT molecular complexity index is 773. The Morgan fingerprint density at radius 2 is 1.85 bits per heavy atom. The second kappa shape index (κ2) is 6.90. The predicted molar refractivity (Wildman–Crippen MR) is 96.3 cm³/mol. The van der Waals surface area contributed by atoms with Crippen LogP contribution >= 0.6 is 0 Å². The van der Waals surface area contributed by atoms with Crippen LogP contribution in [0.2, 0.25) is 0 Å². The second-order valence-corrected chi connectivity index (χ2v) is 9.23. The van der Waals surface area contributed by atoms with Gasteiger partial charge in [0.1, 0.15) is 5.82 Å². The van der Waals surface area contributed by atoms with E-state index in [1.54, 1.807) is 11.9 Å². The zero-order valence-electron chi connectivity index (χ0n) is 15.4. The first kappa shape index (κ1) is 19.3. The van der Waals surface area contributed by atoms with Gasteiger partial charge >= 0.3 is 0 Å². The molecule has 0 aromatic heterocycles. The molecule has 144 valence electrons. The largest absolute Gasteiger partial charge is 0.326 e. The Labute approximate surface area is 154 Å². The third kappa shape index (κ3) is 3.14. The zero-order chi connectivity index (χ0) is 19.1. The number of carbonyl (C=O) groups is 1. The van der Waals surface area contributed by atoms with Crippen LogP contribution in [0.25, 0.3) is 0 Å². The number of sulfonamides is 1. The summed E-state index contributed by atoms with van der Waals surface area (Å²) in [6.07, 6.45) is 1.96. The van der Waals surface area contributed by atoms with Crippen molar-refractivity contribution in [1.82, 2.24) is 14.5 Å². The molecule has 0 saturated carbocycles. The van der Waals surface area contributed by atoms with Gasteiger partial charge in [-0.25, -0.2) is 12.8 Å². The summed E-state index contributed by atoms with van der Waals surface area (Å²) in [7, 11) is -1.86. The molecular formula is C18H26FN3O3S. The molecule has 0 unspecified atom stereocenters. The molecule has 2 fully saturated rings. The first-order valence-corrected chi connectivity index (χ1v) is 10.5. The number of nitrogens with zero attached hydrogens (tertiary/aromatic N) is 2. The first-order valence-electron chi connectivity index (χ1n) is 9.02. The van der Waals surface area contributed by atoms with E-state index >= 15 is 0 Å². The molecular weight excluding hydrogens is 357 g/mol. The molecule has 1 aromatic rings. The van der Waals surface area contributed by atoms with Gasteiger partial charge in [0.15, 0.2) is 0 Å². The summed E-state index contributed by atoms with van der Waals surface area (Å²) in [4.78, 5) is 14.5. The van der Waals surface area contributed by atoms with Gasteiger partial charge in [0.2, 0.25) is 15.9 Å². The molecule has 2 aliphatic heterocycles. The van der Waals surface area contributed by atoms with E-state index in [4.69, 9.17) is 0 Å². The van der Waals surface area contributed by atoms with E-state index in [-0.39, 0.29) is 22.8 Å². The molecule has 2 atom stereocenters. The summed E-state index contributed by atoms with van der Waals surface area (Å²) >= 11 is 0. The minimum absolute atomic E-state index is 0.0780. The van der Waals surface area contributed by atoms with E-state index in [2.05, 4.69) is 19.2 Å². The molecule has 1 aromatic carbocycles. The minimum Gasteiger partial charge on any atom is -0.326 e. The van der Waals surface area contributed by atoms with Crippen LogP contribution in [0.4, 0.5) is 4.39 Å². The Morgan fingerprint density at radius 1 is 1.27 bits per heavy atom. The summed E-state index contributed by atoms with van der Waals surface area (Å²) in [6.45, 7) is 4.74. The van der Waals surface area contributed by atoms with Gasteiger partial charge < -0.3 is 4.90 Å². The van der Waals surface area contributed by atoms with E-state index in [0.29, 0.717) is 25.9 Å². The number of nitrogens with one attached hydrogen (secondary N) is 1. The van der Waals surface area contributed by atoms with Crippen LogP contribution < -0.4 is 5.32 Å². The van der Waals surface area contributed by atoms with Gasteiger partial charge in [0.05, 0.1) is 16.6 Å². The van der Waals surface area contributed by atoms with Crippen molar-refractivity contribution in [2.45, 2.75) is 49.7 Å². The van der Waals surface area contributed by atoms with Gasteiger partial charge in [-0.2, -0.15) is 4.31 Å². The highest BCUT2D eigenvalue weighted by Crippen LogP contribution is 2.35. The number of amides is 1. The molecule has 2 saturated heterocycles. The fourth-order valence-corrected chi connectivity index (χ4v) is 5.26. The maximum Gasteiger partial charge on any atom is 0.243 e. The average Bonchev–Trinajstić information content (AvgIpc) is 2.87. The van der Waals surface area contributed by atoms with Crippen LogP contribution in [0.15, 0.2) is 29.2 Å². The second-order valence-electron chi connectivity index (χ2n) is 7.29. The molecule has 8 heteroatoms. The molecule has 0 aliphatic carbocycles. The highest BCUT2D eigenvalue weighted by Gasteiger charge is 2.51. The van der Waals surface area contributed by atoms with Crippen molar-refractivity contribution < 1.29 is 17.6 Å². The molecule has 2 heterocycles. The van der Waals surface area contributed by atoms with E-state index in [1.165, 1.54) is 16.4 Å². The molecule has 0 bridgehead atoms. The highest BCUT2D eigenvalue weighted by molar-refractivity contribution is 7.89. The number of hydrogen-bond acceptors (Lipinski definition) is 4. The van der Waals surface area contributed by atoms with Crippen molar-refractivity contribution in [3.05, 3.63) is 30.1 Å². The average molecular weight is 383 g/mol. The summed E-state index contributed by atoms with van der Waals surface area (Å²) in [5, 5.41) is 3.48. The Kier molecular flexibility index (Phi) is 5.11. The van der Waals surface area contributed by atoms with E-state index in [1.807, 2.05) is 0 Å². The lowest BCUT2D eigenvalue weighted by molar-refractivity contribution is -0.132. The molecule has 1 N–H and O–H groups in total. The van der Waals surface area contributed by atoms with Crippen molar-refractivity contribution in [3.8, 4) is 0 Å². The van der Waals surface area contributed by atoms with Crippen molar-refractivity contribution >= 4 is 15.9 Å². The van der Waals surface area contributed by atoms with E-state index < -0.39 is 21.5 Å². The summed E-state index contributed by atoms with van der Waals surface area (Å²) < 4.78 is 40.0. The van der Waals surface area contributed by atoms with Gasteiger partial charge in [-0.1, -0.05) is 20.3 Å². The number of piperidine rings is 1. The lowest BCUT2D eigenvalue weighted by atomic mass is 9.96. The molecule has 1 amide bonds. The topological polar surface area (TPSA) is 69.7 Å². The Morgan fingerprint density at radius 3 is 2.38 bits per heavy atom. The van der Waals surface area contributed by atoms with Crippen LogP contribution in [0.3, 0.4) is 0 Å². The van der Waals surface area contributed by atoms with Crippen LogP contribution in [0.5, 0.6) is 0 Å². The number of hydrogen-bond donors (Lipinski definition) is 1. The molecule has 1 spiro atoms. The van der Waals surface area contributed by atoms with Gasteiger partial charge in [-0.05, 0) is 43.0 Å². The maximum atomic E-state index is 13.1. The summed E-state index contributed by atoms with van der Waals surface area (Å²) in [6, 6.07) is 4.67. The third-order valence-corrected chi connectivity index (χ3v) is 7.79. The molecule has 3 rings (SSSR count). The molecule has 2 aliphatic rings. The Balaban J connectivity index is 1.75. The van der Waals surface area contributed by atoms with E-state index in [9.17, 15) is 17.6 Å². The minimum atomic E-state index is -3.66. The van der Waals surface area contributed by atoms with Gasteiger partial charge in [0, 0.05) is 20.1 Å². The van der Waals surface area contributed by atoms with Crippen molar-refractivity contribution in [2.24, 2.45) is 5.92 Å².